The van der Waals surface area contributed by atoms with E-state index < -0.39 is 0 Å². The maximum atomic E-state index is 5.84. The van der Waals surface area contributed by atoms with Crippen LogP contribution in [0.2, 0.25) is 4.47 Å². The first kappa shape index (κ1) is 7.83. The molecule has 2 N–H and O–H groups in total. The van der Waals surface area contributed by atoms with Gasteiger partial charge in [-0.2, -0.15) is 0 Å². The Morgan fingerprint density at radius 3 is 3.00 bits per heavy atom. The molecular formula is C8H7ClN2S. The number of fused-ring (bicyclic) bond motifs is 1. The summed E-state index contributed by atoms with van der Waals surface area (Å²) in [4.78, 5) is 4.12. The summed E-state index contributed by atoms with van der Waals surface area (Å²) >= 11 is 7.18. The molecule has 1 heterocycles. The van der Waals surface area contributed by atoms with E-state index in [-0.39, 0.29) is 0 Å². The van der Waals surface area contributed by atoms with E-state index in [2.05, 4.69) is 4.98 Å². The second kappa shape index (κ2) is 2.61. The van der Waals surface area contributed by atoms with Gasteiger partial charge in [0.05, 0.1) is 15.9 Å². The molecule has 4 heteroatoms. The van der Waals surface area contributed by atoms with Gasteiger partial charge >= 0.3 is 0 Å². The van der Waals surface area contributed by atoms with Gasteiger partial charge in [-0.25, -0.2) is 4.98 Å². The highest BCUT2D eigenvalue weighted by molar-refractivity contribution is 7.22. The fourth-order valence-corrected chi connectivity index (χ4v) is 2.21. The minimum absolute atomic E-state index is 0.544. The Labute approximate surface area is 79.0 Å². The van der Waals surface area contributed by atoms with Crippen molar-refractivity contribution in [1.29, 1.82) is 0 Å². The largest absolute Gasteiger partial charge is 0.397 e. The highest BCUT2D eigenvalue weighted by atomic mass is 35.5. The Balaban J connectivity index is 2.89. The van der Waals surface area contributed by atoms with Crippen LogP contribution in [0.25, 0.3) is 10.2 Å². The van der Waals surface area contributed by atoms with Crippen LogP contribution in [0.3, 0.4) is 0 Å². The van der Waals surface area contributed by atoms with Gasteiger partial charge in [-0.05, 0) is 18.6 Å². The zero-order valence-corrected chi connectivity index (χ0v) is 8.04. The van der Waals surface area contributed by atoms with Gasteiger partial charge in [0.15, 0.2) is 4.47 Å². The summed E-state index contributed by atoms with van der Waals surface area (Å²) in [5, 5.41) is 0. The summed E-state index contributed by atoms with van der Waals surface area (Å²) in [6.45, 7) is 1.97. The summed E-state index contributed by atoms with van der Waals surface area (Å²) in [6, 6.07) is 3.89. The van der Waals surface area contributed by atoms with Crippen molar-refractivity contribution in [3.8, 4) is 0 Å². The number of benzene rings is 1. The minimum atomic E-state index is 0.544. The number of rotatable bonds is 0. The summed E-state index contributed by atoms with van der Waals surface area (Å²) in [7, 11) is 0. The van der Waals surface area contributed by atoms with Crippen molar-refractivity contribution in [2.24, 2.45) is 0 Å². The second-order valence-corrected chi connectivity index (χ2v) is 4.19. The van der Waals surface area contributed by atoms with E-state index in [1.165, 1.54) is 11.3 Å². The lowest BCUT2D eigenvalue weighted by molar-refractivity contribution is 1.46. The lowest BCUT2D eigenvalue weighted by atomic mass is 10.2. The maximum Gasteiger partial charge on any atom is 0.184 e. The van der Waals surface area contributed by atoms with Gasteiger partial charge < -0.3 is 5.73 Å². The fraction of sp³-hybridized carbons (Fsp3) is 0.125. The number of hydrogen-bond acceptors (Lipinski definition) is 3. The van der Waals surface area contributed by atoms with E-state index in [1.807, 2.05) is 19.1 Å². The lowest BCUT2D eigenvalue weighted by Crippen LogP contribution is -1.88. The van der Waals surface area contributed by atoms with Gasteiger partial charge in [0.2, 0.25) is 0 Å². The van der Waals surface area contributed by atoms with Crippen molar-refractivity contribution in [2.45, 2.75) is 6.92 Å². The fourth-order valence-electron chi connectivity index (χ4n) is 1.08. The first-order valence-electron chi connectivity index (χ1n) is 3.49. The van der Waals surface area contributed by atoms with Gasteiger partial charge in [0.25, 0.3) is 0 Å². The maximum absolute atomic E-state index is 5.84. The molecule has 0 radical (unpaired) electrons. The van der Waals surface area contributed by atoms with Crippen LogP contribution in [0.15, 0.2) is 12.1 Å². The smallest absolute Gasteiger partial charge is 0.184 e. The molecule has 0 saturated heterocycles. The SMILES string of the molecule is Cc1ccc2nc(Cl)sc2c1N. The summed E-state index contributed by atoms with van der Waals surface area (Å²) in [6.07, 6.45) is 0. The molecule has 0 aliphatic carbocycles. The van der Waals surface area contributed by atoms with Crippen molar-refractivity contribution in [3.63, 3.8) is 0 Å². The summed E-state index contributed by atoms with van der Waals surface area (Å²) < 4.78 is 1.53. The normalized spacial score (nSPS) is 10.8. The van der Waals surface area contributed by atoms with Gasteiger partial charge in [-0.1, -0.05) is 17.7 Å². The number of thiazole rings is 1. The Kier molecular flexibility index (Phi) is 1.70. The first-order valence-corrected chi connectivity index (χ1v) is 4.69. The van der Waals surface area contributed by atoms with E-state index >= 15 is 0 Å². The van der Waals surface area contributed by atoms with Gasteiger partial charge in [-0.3, -0.25) is 0 Å². The number of halogens is 1. The molecule has 0 spiro atoms. The zero-order valence-electron chi connectivity index (χ0n) is 6.47. The van der Waals surface area contributed by atoms with Crippen molar-refractivity contribution in [3.05, 3.63) is 22.2 Å². The number of hydrogen-bond donors (Lipinski definition) is 1. The Hall–Kier alpha value is -0.800. The van der Waals surface area contributed by atoms with Gasteiger partial charge in [0.1, 0.15) is 0 Å². The number of aromatic nitrogens is 1. The monoisotopic (exact) mass is 198 g/mol. The first-order chi connectivity index (χ1) is 5.68. The molecular weight excluding hydrogens is 192 g/mol. The number of nitrogen functional groups attached to an aromatic ring is 1. The van der Waals surface area contributed by atoms with E-state index in [9.17, 15) is 0 Å². The molecule has 0 aliphatic rings. The number of aryl methyl sites for hydroxylation is 1. The third-order valence-electron chi connectivity index (χ3n) is 1.79. The highest BCUT2D eigenvalue weighted by Crippen LogP contribution is 2.31. The average Bonchev–Trinajstić information content (AvgIpc) is 2.39. The standard InChI is InChI=1S/C8H7ClN2S/c1-4-2-3-5-7(6(4)10)12-8(9)11-5/h2-3H,10H2,1H3. The third-order valence-corrected chi connectivity index (χ3v) is 3.00. The number of nitrogens with zero attached hydrogens (tertiary/aromatic N) is 1. The van der Waals surface area contributed by atoms with Gasteiger partial charge in [0, 0.05) is 0 Å². The van der Waals surface area contributed by atoms with Gasteiger partial charge in [-0.15, -0.1) is 11.3 Å². The molecule has 0 amide bonds. The Morgan fingerprint density at radius 2 is 2.25 bits per heavy atom. The molecule has 0 saturated carbocycles. The molecule has 0 bridgehead atoms. The summed E-state index contributed by atoms with van der Waals surface area (Å²) in [5.74, 6) is 0. The van der Waals surface area contributed by atoms with Crippen LogP contribution in [0.1, 0.15) is 5.56 Å². The average molecular weight is 199 g/mol. The molecule has 0 atom stereocenters. The van der Waals surface area contributed by atoms with E-state index in [4.69, 9.17) is 17.3 Å². The molecule has 0 unspecified atom stereocenters. The zero-order chi connectivity index (χ0) is 8.72. The molecule has 12 heavy (non-hydrogen) atoms. The third kappa shape index (κ3) is 1.06. The quantitative estimate of drug-likeness (QED) is 0.662. The van der Waals surface area contributed by atoms with Crippen LogP contribution in [-0.4, -0.2) is 4.98 Å². The highest BCUT2D eigenvalue weighted by Gasteiger charge is 2.05. The van der Waals surface area contributed by atoms with Crippen LogP contribution < -0.4 is 5.73 Å². The summed E-state index contributed by atoms with van der Waals surface area (Å²) in [5.41, 5.74) is 8.59. The van der Waals surface area contributed by atoms with Crippen LogP contribution >= 0.6 is 22.9 Å². The van der Waals surface area contributed by atoms with E-state index in [1.54, 1.807) is 0 Å². The number of anilines is 1. The molecule has 2 rings (SSSR count). The Morgan fingerprint density at radius 1 is 1.50 bits per heavy atom. The Bertz CT molecular complexity index is 436. The van der Waals surface area contributed by atoms with Crippen molar-refractivity contribution in [1.82, 2.24) is 4.98 Å². The second-order valence-electron chi connectivity index (χ2n) is 2.61. The van der Waals surface area contributed by atoms with E-state index in [0.717, 1.165) is 21.5 Å². The molecule has 2 nitrogen and oxygen atoms in total. The lowest BCUT2D eigenvalue weighted by Gasteiger charge is -1.97. The van der Waals surface area contributed by atoms with Crippen LogP contribution in [-0.2, 0) is 0 Å². The van der Waals surface area contributed by atoms with Crippen LogP contribution in [0.4, 0.5) is 5.69 Å². The topological polar surface area (TPSA) is 38.9 Å². The van der Waals surface area contributed by atoms with Crippen LogP contribution in [0, 0.1) is 6.92 Å². The molecule has 62 valence electrons. The van der Waals surface area contributed by atoms with Crippen molar-refractivity contribution < 1.29 is 0 Å². The van der Waals surface area contributed by atoms with Crippen molar-refractivity contribution in [2.75, 3.05) is 5.73 Å². The van der Waals surface area contributed by atoms with E-state index in [0.29, 0.717) is 4.47 Å². The molecule has 2 aromatic rings. The van der Waals surface area contributed by atoms with Crippen molar-refractivity contribution >= 4 is 38.8 Å². The predicted molar refractivity (Wildman–Crippen MR) is 53.8 cm³/mol. The number of nitrogens with two attached hydrogens (primary N) is 1. The molecule has 1 aromatic carbocycles. The van der Waals surface area contributed by atoms with Crippen LogP contribution in [0.5, 0.6) is 0 Å². The minimum Gasteiger partial charge on any atom is -0.397 e. The molecule has 0 fully saturated rings. The molecule has 1 aromatic heterocycles. The predicted octanol–water partition coefficient (Wildman–Crippen LogP) is 2.84. The molecule has 0 aliphatic heterocycles.